The highest BCUT2D eigenvalue weighted by atomic mass is 19.4. The van der Waals surface area contributed by atoms with Crippen LogP contribution >= 0.6 is 0 Å². The van der Waals surface area contributed by atoms with Crippen LogP contribution in [0.5, 0.6) is 0 Å². The number of aromatic nitrogens is 2. The van der Waals surface area contributed by atoms with E-state index >= 15 is 0 Å². The SMILES string of the molecule is [C-]#[N+]c1ccc(-n2c3ccccc3c3cc(-c4cccc(C)c4)ccc32)c(-c2ccc(-c3c(C)cccc3C(F)(F)F)cc2-n2c3ccccc3c3cc(-c4cccc(C)c4)ccc32)c1. The van der Waals surface area contributed by atoms with Crippen LogP contribution in [-0.4, -0.2) is 9.13 Å². The van der Waals surface area contributed by atoms with Gasteiger partial charge in [-0.1, -0.05) is 139 Å². The predicted octanol–water partition coefficient (Wildman–Crippen LogP) is 17.0. The zero-order chi connectivity index (χ0) is 44.6. The molecule has 3 nitrogen and oxygen atoms in total. The summed E-state index contributed by atoms with van der Waals surface area (Å²) in [6.45, 7) is 14.1. The molecule has 0 N–H and O–H groups in total. The van der Waals surface area contributed by atoms with Gasteiger partial charge in [0.05, 0.1) is 45.6 Å². The van der Waals surface area contributed by atoms with Crippen molar-refractivity contribution in [3.63, 3.8) is 0 Å². The fourth-order valence-corrected chi connectivity index (χ4v) is 9.86. The molecule has 0 saturated heterocycles. The van der Waals surface area contributed by atoms with Crippen LogP contribution in [0, 0.1) is 27.3 Å². The minimum Gasteiger partial charge on any atom is -0.309 e. The van der Waals surface area contributed by atoms with Gasteiger partial charge in [0.1, 0.15) is 0 Å². The number of rotatable bonds is 6. The molecule has 11 rings (SSSR count). The summed E-state index contributed by atoms with van der Waals surface area (Å²) in [5, 5.41) is 4.20. The van der Waals surface area contributed by atoms with Crippen LogP contribution in [0.2, 0.25) is 0 Å². The maximum absolute atomic E-state index is 14.9. The van der Waals surface area contributed by atoms with Gasteiger partial charge < -0.3 is 9.13 Å². The molecule has 2 aromatic heterocycles. The van der Waals surface area contributed by atoms with Gasteiger partial charge in [0.2, 0.25) is 0 Å². The lowest BCUT2D eigenvalue weighted by Crippen LogP contribution is -2.08. The summed E-state index contributed by atoms with van der Waals surface area (Å²) in [4.78, 5) is 3.92. The quantitative estimate of drug-likeness (QED) is 0.148. The molecule has 0 aliphatic carbocycles. The summed E-state index contributed by atoms with van der Waals surface area (Å²) in [5.74, 6) is 0. The van der Waals surface area contributed by atoms with Crippen molar-refractivity contribution in [3.05, 3.63) is 222 Å². The molecule has 0 fully saturated rings. The second-order valence-corrected chi connectivity index (χ2v) is 16.9. The Kier molecular flexibility index (Phi) is 9.34. The fraction of sp³-hybridized carbons (Fsp3) is 0.0678. The van der Waals surface area contributed by atoms with Crippen LogP contribution in [-0.2, 0) is 6.18 Å². The fourth-order valence-electron chi connectivity index (χ4n) is 9.86. The van der Waals surface area contributed by atoms with Crippen molar-refractivity contribution in [1.82, 2.24) is 9.13 Å². The largest absolute Gasteiger partial charge is 0.417 e. The van der Waals surface area contributed by atoms with Crippen molar-refractivity contribution in [2.24, 2.45) is 0 Å². The van der Waals surface area contributed by atoms with E-state index in [2.05, 4.69) is 143 Å². The van der Waals surface area contributed by atoms with Crippen molar-refractivity contribution < 1.29 is 13.2 Å². The first kappa shape index (κ1) is 39.7. The standard InChI is InChI=1S/C59H40F3N3/c1-36-12-9-15-39(30-36)41-23-27-54-48(32-41)45-17-5-7-20-52(45)64(54)56-29-25-44(63-4)35-50(56)47-26-22-43(58-38(3)14-11-19-51(58)59(60,61)62)34-57(47)65-53-21-8-6-18-46(53)49-33-42(24-28-55(49)65)40-16-10-13-37(2)31-40/h5-35H,1-3H3. The van der Waals surface area contributed by atoms with Crippen LogP contribution < -0.4 is 0 Å². The normalized spacial score (nSPS) is 11.8. The second kappa shape index (κ2) is 15.3. The van der Waals surface area contributed by atoms with Gasteiger partial charge in [0.25, 0.3) is 0 Å². The first-order valence-electron chi connectivity index (χ1n) is 21.6. The minimum absolute atomic E-state index is 0.136. The molecule has 0 aliphatic rings. The van der Waals surface area contributed by atoms with E-state index in [-0.39, 0.29) is 5.56 Å². The van der Waals surface area contributed by atoms with E-state index in [1.54, 1.807) is 19.1 Å². The van der Waals surface area contributed by atoms with E-state index in [1.807, 2.05) is 48.5 Å². The average molecular weight is 848 g/mol. The van der Waals surface area contributed by atoms with Crippen molar-refractivity contribution in [3.8, 4) is 55.9 Å². The molecule has 0 bridgehead atoms. The van der Waals surface area contributed by atoms with E-state index in [4.69, 9.17) is 6.57 Å². The van der Waals surface area contributed by atoms with E-state index < -0.39 is 11.7 Å². The first-order valence-corrected chi connectivity index (χ1v) is 21.6. The Morgan fingerprint density at radius 1 is 0.415 bits per heavy atom. The lowest BCUT2D eigenvalue weighted by Gasteiger charge is -2.21. The Labute approximate surface area is 374 Å². The third kappa shape index (κ3) is 6.67. The highest BCUT2D eigenvalue weighted by molar-refractivity contribution is 6.13. The molecule has 6 heteroatoms. The van der Waals surface area contributed by atoms with Crippen LogP contribution in [0.25, 0.3) is 104 Å². The summed E-state index contributed by atoms with van der Waals surface area (Å²) < 4.78 is 49.2. The van der Waals surface area contributed by atoms with E-state index in [0.717, 1.165) is 94.3 Å². The summed E-state index contributed by atoms with van der Waals surface area (Å²) in [6, 6.07) is 62.3. The summed E-state index contributed by atoms with van der Waals surface area (Å²) in [6.07, 6.45) is -4.58. The predicted molar refractivity (Wildman–Crippen MR) is 262 cm³/mol. The number of hydrogen-bond donors (Lipinski definition) is 0. The van der Waals surface area contributed by atoms with Crippen molar-refractivity contribution in [1.29, 1.82) is 0 Å². The van der Waals surface area contributed by atoms with Gasteiger partial charge in [-0.3, -0.25) is 0 Å². The maximum atomic E-state index is 14.9. The molecule has 0 atom stereocenters. The molecular formula is C59H40F3N3. The lowest BCUT2D eigenvalue weighted by molar-refractivity contribution is -0.137. The van der Waals surface area contributed by atoms with Gasteiger partial charge >= 0.3 is 6.18 Å². The Morgan fingerprint density at radius 2 is 0.938 bits per heavy atom. The highest BCUT2D eigenvalue weighted by Crippen LogP contribution is 2.46. The maximum Gasteiger partial charge on any atom is 0.417 e. The molecule has 9 aromatic carbocycles. The summed E-state index contributed by atoms with van der Waals surface area (Å²) in [5.41, 5.74) is 14.5. The van der Waals surface area contributed by atoms with Gasteiger partial charge in [0.15, 0.2) is 5.69 Å². The third-order valence-corrected chi connectivity index (χ3v) is 12.8. The highest BCUT2D eigenvalue weighted by Gasteiger charge is 2.34. The molecule has 312 valence electrons. The topological polar surface area (TPSA) is 14.2 Å². The molecule has 65 heavy (non-hydrogen) atoms. The number of fused-ring (bicyclic) bond motifs is 6. The molecule has 0 spiro atoms. The molecule has 0 saturated carbocycles. The smallest absolute Gasteiger partial charge is 0.309 e. The number of hydrogen-bond acceptors (Lipinski definition) is 0. The molecule has 0 unspecified atom stereocenters. The zero-order valence-electron chi connectivity index (χ0n) is 35.9. The number of halogens is 3. The van der Waals surface area contributed by atoms with E-state index in [0.29, 0.717) is 22.5 Å². The number of alkyl halides is 3. The number of para-hydroxylation sites is 2. The van der Waals surface area contributed by atoms with Crippen molar-refractivity contribution >= 4 is 49.3 Å². The molecule has 0 amide bonds. The second-order valence-electron chi connectivity index (χ2n) is 16.9. The van der Waals surface area contributed by atoms with Gasteiger partial charge in [-0.15, -0.1) is 0 Å². The molecule has 0 radical (unpaired) electrons. The summed E-state index contributed by atoms with van der Waals surface area (Å²) >= 11 is 0. The third-order valence-electron chi connectivity index (χ3n) is 12.8. The lowest BCUT2D eigenvalue weighted by atomic mass is 9.91. The zero-order valence-corrected chi connectivity index (χ0v) is 35.9. The molecular weight excluding hydrogens is 808 g/mol. The number of nitrogens with zero attached hydrogens (tertiary/aromatic N) is 3. The number of benzene rings is 9. The minimum atomic E-state index is -4.58. The first-order chi connectivity index (χ1) is 31.6. The molecule has 2 heterocycles. The van der Waals surface area contributed by atoms with E-state index in [9.17, 15) is 13.2 Å². The average Bonchev–Trinajstić information content (AvgIpc) is 3.83. The van der Waals surface area contributed by atoms with Gasteiger partial charge in [-0.2, -0.15) is 13.2 Å². The van der Waals surface area contributed by atoms with Gasteiger partial charge in [-0.25, -0.2) is 4.85 Å². The van der Waals surface area contributed by atoms with Crippen molar-refractivity contribution in [2.75, 3.05) is 0 Å². The van der Waals surface area contributed by atoms with E-state index in [1.165, 1.54) is 11.6 Å². The Balaban J connectivity index is 1.23. The monoisotopic (exact) mass is 847 g/mol. The number of aryl methyl sites for hydroxylation is 3. The summed E-state index contributed by atoms with van der Waals surface area (Å²) in [7, 11) is 0. The van der Waals surface area contributed by atoms with Gasteiger partial charge in [-0.05, 0) is 126 Å². The van der Waals surface area contributed by atoms with Gasteiger partial charge in [0, 0.05) is 27.1 Å². The van der Waals surface area contributed by atoms with Crippen LogP contribution in [0.3, 0.4) is 0 Å². The Bertz CT molecular complexity index is 3760. The Morgan fingerprint density at radius 3 is 1.51 bits per heavy atom. The molecule has 11 aromatic rings. The van der Waals surface area contributed by atoms with Crippen molar-refractivity contribution in [2.45, 2.75) is 26.9 Å². The van der Waals surface area contributed by atoms with Crippen LogP contribution in [0.1, 0.15) is 22.3 Å². The van der Waals surface area contributed by atoms with Crippen LogP contribution in [0.15, 0.2) is 188 Å². The van der Waals surface area contributed by atoms with Crippen LogP contribution in [0.4, 0.5) is 18.9 Å². The molecule has 0 aliphatic heterocycles. The Hall–Kier alpha value is -8.14.